The highest BCUT2D eigenvalue weighted by molar-refractivity contribution is 5.94. The van der Waals surface area contributed by atoms with Gasteiger partial charge in [-0.05, 0) is 75.2 Å². The summed E-state index contributed by atoms with van der Waals surface area (Å²) >= 11 is 0. The van der Waals surface area contributed by atoms with Crippen molar-refractivity contribution in [3.05, 3.63) is 39.9 Å². The second-order valence-electron chi connectivity index (χ2n) is 11.7. The molecule has 2 heterocycles. The zero-order chi connectivity index (χ0) is 23.2. The van der Waals surface area contributed by atoms with Gasteiger partial charge in [0, 0.05) is 37.0 Å². The van der Waals surface area contributed by atoms with E-state index in [9.17, 15) is 14.5 Å². The lowest BCUT2D eigenvalue weighted by Gasteiger charge is -2.57. The third-order valence-corrected chi connectivity index (χ3v) is 9.49. The quantitative estimate of drug-likeness (QED) is 0.526. The lowest BCUT2D eigenvalue weighted by atomic mass is 9.60. The van der Waals surface area contributed by atoms with Crippen molar-refractivity contribution in [1.29, 1.82) is 0 Å². The maximum Gasteiger partial charge on any atom is 0.173 e. The SMILES string of the molecule is C[C@H]1[C@H]2CC[C@]3(O[C@]14CCC(C)(C)O4)/C1=C/C(=O)CCC4=CC(=O)CCC4C1=CC(N=O)C23. The molecule has 4 aliphatic carbocycles. The number of hydrogen-bond donors (Lipinski definition) is 0. The molecule has 3 fully saturated rings. The van der Waals surface area contributed by atoms with Crippen LogP contribution in [0.4, 0.5) is 0 Å². The summed E-state index contributed by atoms with van der Waals surface area (Å²) < 4.78 is 13.8. The number of ether oxygens (including phenoxy) is 2. The van der Waals surface area contributed by atoms with Crippen LogP contribution in [-0.4, -0.2) is 34.6 Å². The summed E-state index contributed by atoms with van der Waals surface area (Å²) in [4.78, 5) is 37.5. The molecule has 33 heavy (non-hydrogen) atoms. The molecule has 0 aromatic carbocycles. The van der Waals surface area contributed by atoms with Crippen LogP contribution in [0.3, 0.4) is 0 Å². The molecular formula is C27H33NO5. The van der Waals surface area contributed by atoms with Crippen molar-refractivity contribution in [2.45, 2.75) is 95.2 Å². The van der Waals surface area contributed by atoms with E-state index < -0.39 is 17.4 Å². The van der Waals surface area contributed by atoms with E-state index in [1.54, 1.807) is 12.2 Å². The predicted molar refractivity (Wildman–Crippen MR) is 122 cm³/mol. The van der Waals surface area contributed by atoms with Crippen molar-refractivity contribution in [3.8, 4) is 0 Å². The fraction of sp³-hybridized carbons (Fsp3) is 0.704. The molecule has 6 aliphatic rings. The van der Waals surface area contributed by atoms with E-state index in [0.29, 0.717) is 25.7 Å². The highest BCUT2D eigenvalue weighted by Gasteiger charge is 2.70. The van der Waals surface area contributed by atoms with Crippen LogP contribution in [0.25, 0.3) is 0 Å². The number of rotatable bonds is 1. The van der Waals surface area contributed by atoms with Crippen LogP contribution in [0.2, 0.25) is 0 Å². The Hall–Kier alpha value is -1.92. The first-order valence-electron chi connectivity index (χ1n) is 12.6. The van der Waals surface area contributed by atoms with Crippen molar-refractivity contribution in [2.75, 3.05) is 0 Å². The van der Waals surface area contributed by atoms with Crippen molar-refractivity contribution < 1.29 is 19.1 Å². The maximum atomic E-state index is 13.0. The first-order chi connectivity index (χ1) is 15.7. The minimum absolute atomic E-state index is 0.0421. The molecule has 0 radical (unpaired) electrons. The Morgan fingerprint density at radius 2 is 1.76 bits per heavy atom. The summed E-state index contributed by atoms with van der Waals surface area (Å²) in [5.41, 5.74) is 1.94. The molecule has 0 N–H and O–H groups in total. The standard InChI is InChI=1S/C27H33NO5/c1-15-19-8-9-26(33-27(15)11-10-25(2,3)32-27)22-13-18(30)5-4-16-12-17(29)6-7-20(16)21(22)14-23(28-31)24(19)26/h12-15,19-20,23-24H,4-11H2,1-3H3/b22-13+/t15-,19+,20?,23?,24?,26-,27+/m0/s1. The molecule has 2 saturated heterocycles. The van der Waals surface area contributed by atoms with Crippen LogP contribution in [0.1, 0.15) is 72.1 Å². The van der Waals surface area contributed by atoms with Crippen LogP contribution < -0.4 is 0 Å². The Labute approximate surface area is 194 Å². The van der Waals surface area contributed by atoms with Gasteiger partial charge in [0.05, 0.1) is 5.60 Å². The molecule has 6 rings (SSSR count). The summed E-state index contributed by atoms with van der Waals surface area (Å²) in [6, 6.07) is -0.493. The second kappa shape index (κ2) is 7.05. The van der Waals surface area contributed by atoms with E-state index in [2.05, 4.69) is 25.9 Å². The maximum absolute atomic E-state index is 13.0. The van der Waals surface area contributed by atoms with Crippen LogP contribution in [-0.2, 0) is 19.1 Å². The monoisotopic (exact) mass is 451 g/mol. The Balaban J connectivity index is 1.53. The number of nitrogens with zero attached hydrogens (tertiary/aromatic N) is 1. The number of hydrogen-bond acceptors (Lipinski definition) is 6. The number of allylic oxidation sites excluding steroid dienone is 3. The largest absolute Gasteiger partial charge is 0.344 e. The van der Waals surface area contributed by atoms with Crippen molar-refractivity contribution in [1.82, 2.24) is 0 Å². The first kappa shape index (κ1) is 21.6. The van der Waals surface area contributed by atoms with E-state index in [1.165, 1.54) is 0 Å². The fourth-order valence-corrected chi connectivity index (χ4v) is 8.00. The normalized spacial score (nSPS) is 47.4. The molecule has 1 saturated carbocycles. The first-order valence-corrected chi connectivity index (χ1v) is 12.6. The molecule has 3 unspecified atom stereocenters. The van der Waals surface area contributed by atoms with Crippen molar-refractivity contribution >= 4 is 11.6 Å². The van der Waals surface area contributed by atoms with Gasteiger partial charge in [0.15, 0.2) is 17.4 Å². The van der Waals surface area contributed by atoms with E-state index in [-0.39, 0.29) is 40.8 Å². The number of carbonyl (C=O) groups is 2. The van der Waals surface area contributed by atoms with E-state index in [4.69, 9.17) is 9.47 Å². The lowest BCUT2D eigenvalue weighted by molar-refractivity contribution is -0.341. The van der Waals surface area contributed by atoms with Crippen LogP contribution in [0, 0.1) is 28.6 Å². The Morgan fingerprint density at radius 3 is 2.48 bits per heavy atom. The van der Waals surface area contributed by atoms with Crippen molar-refractivity contribution in [3.63, 3.8) is 0 Å². The van der Waals surface area contributed by atoms with E-state index in [1.807, 2.05) is 6.08 Å². The van der Waals surface area contributed by atoms with Crippen molar-refractivity contribution in [2.24, 2.45) is 28.8 Å². The molecule has 6 nitrogen and oxygen atoms in total. The summed E-state index contributed by atoms with van der Waals surface area (Å²) in [5.74, 6) is -0.162. The van der Waals surface area contributed by atoms with Gasteiger partial charge in [-0.25, -0.2) is 0 Å². The second-order valence-corrected chi connectivity index (χ2v) is 11.7. The van der Waals surface area contributed by atoms with Gasteiger partial charge in [0.2, 0.25) is 0 Å². The molecule has 0 aromatic heterocycles. The average Bonchev–Trinajstić information content (AvgIpc) is 3.26. The van der Waals surface area contributed by atoms with Gasteiger partial charge in [-0.3, -0.25) is 9.59 Å². The lowest BCUT2D eigenvalue weighted by Crippen LogP contribution is -2.62. The topological polar surface area (TPSA) is 82.0 Å². The Morgan fingerprint density at radius 1 is 0.970 bits per heavy atom. The third-order valence-electron chi connectivity index (χ3n) is 9.49. The minimum atomic E-state index is -0.736. The summed E-state index contributed by atoms with van der Waals surface area (Å²) in [6.07, 6.45) is 11.2. The van der Waals surface area contributed by atoms with Gasteiger partial charge < -0.3 is 9.47 Å². The molecule has 1 spiro atoms. The molecule has 176 valence electrons. The molecular weight excluding hydrogens is 418 g/mol. The van der Waals surface area contributed by atoms with Gasteiger partial charge in [-0.1, -0.05) is 23.7 Å². The molecule has 2 bridgehead atoms. The summed E-state index contributed by atoms with van der Waals surface area (Å²) in [7, 11) is 0. The number of nitroso groups, excluding NO2 is 1. The molecule has 6 heteroatoms. The molecule has 0 aromatic rings. The number of carbonyl (C=O) groups excluding carboxylic acids is 2. The Bertz CT molecular complexity index is 1040. The average molecular weight is 452 g/mol. The van der Waals surface area contributed by atoms with E-state index >= 15 is 0 Å². The van der Waals surface area contributed by atoms with Crippen LogP contribution in [0.5, 0.6) is 0 Å². The molecule has 2 aliphatic heterocycles. The molecule has 0 amide bonds. The molecule has 7 atom stereocenters. The summed E-state index contributed by atoms with van der Waals surface area (Å²) in [6.45, 7) is 6.42. The highest BCUT2D eigenvalue weighted by atomic mass is 16.7. The smallest absolute Gasteiger partial charge is 0.173 e. The van der Waals surface area contributed by atoms with Gasteiger partial charge >= 0.3 is 0 Å². The Kier molecular flexibility index (Phi) is 4.61. The number of ketones is 2. The number of fused-ring (bicyclic) bond motifs is 3. The van der Waals surface area contributed by atoms with Gasteiger partial charge in [-0.15, -0.1) is 0 Å². The van der Waals surface area contributed by atoms with Crippen LogP contribution >= 0.6 is 0 Å². The van der Waals surface area contributed by atoms with Crippen LogP contribution in [0.15, 0.2) is 40.1 Å². The minimum Gasteiger partial charge on any atom is -0.344 e. The third kappa shape index (κ3) is 2.99. The predicted octanol–water partition coefficient (Wildman–Crippen LogP) is 4.97. The van der Waals surface area contributed by atoms with Gasteiger partial charge in [-0.2, -0.15) is 4.91 Å². The zero-order valence-electron chi connectivity index (χ0n) is 19.8. The summed E-state index contributed by atoms with van der Waals surface area (Å²) in [5, 5.41) is 3.62. The van der Waals surface area contributed by atoms with Gasteiger partial charge in [0.25, 0.3) is 0 Å². The van der Waals surface area contributed by atoms with E-state index in [0.717, 1.165) is 42.4 Å². The fourth-order valence-electron chi connectivity index (χ4n) is 8.00. The zero-order valence-corrected chi connectivity index (χ0v) is 19.8. The van der Waals surface area contributed by atoms with Gasteiger partial charge in [0.1, 0.15) is 11.6 Å². The highest BCUT2D eigenvalue weighted by Crippen LogP contribution is 2.66.